The van der Waals surface area contributed by atoms with Crippen LogP contribution in [-0.4, -0.2) is 15.9 Å². The van der Waals surface area contributed by atoms with Gasteiger partial charge in [0.1, 0.15) is 16.1 Å². The van der Waals surface area contributed by atoms with E-state index < -0.39 is 0 Å². The first-order valence-electron chi connectivity index (χ1n) is 5.15. The molecule has 0 spiro atoms. The summed E-state index contributed by atoms with van der Waals surface area (Å²) in [4.78, 5) is 19.5. The summed E-state index contributed by atoms with van der Waals surface area (Å²) in [5.41, 5.74) is 1.05. The predicted molar refractivity (Wildman–Crippen MR) is 67.3 cm³/mol. The number of rotatable bonds is 3. The van der Waals surface area contributed by atoms with E-state index in [2.05, 4.69) is 31.2 Å². The van der Waals surface area contributed by atoms with Crippen molar-refractivity contribution in [1.29, 1.82) is 0 Å². The number of benzene rings is 1. The van der Waals surface area contributed by atoms with E-state index in [4.69, 9.17) is 0 Å². The largest absolute Gasteiger partial charge is 0.347 e. The summed E-state index contributed by atoms with van der Waals surface area (Å²) >= 11 is 3.14. The second-order valence-electron chi connectivity index (χ2n) is 3.53. The van der Waals surface area contributed by atoms with E-state index in [-0.39, 0.29) is 17.4 Å². The second kappa shape index (κ2) is 5.68. The van der Waals surface area contributed by atoms with E-state index in [0.29, 0.717) is 11.1 Å². The quantitative estimate of drug-likeness (QED) is 0.946. The highest BCUT2D eigenvalue weighted by Crippen LogP contribution is 2.04. The fraction of sp³-hybridized carbons (Fsp3) is 0.0833. The molecule has 6 heteroatoms. The highest BCUT2D eigenvalue weighted by molar-refractivity contribution is 9.10. The molecule has 0 saturated carbocycles. The van der Waals surface area contributed by atoms with E-state index >= 15 is 0 Å². The van der Waals surface area contributed by atoms with Crippen LogP contribution in [0.15, 0.2) is 41.3 Å². The third-order valence-corrected chi connectivity index (χ3v) is 2.63. The van der Waals surface area contributed by atoms with Gasteiger partial charge in [-0.2, -0.15) is 0 Å². The average Bonchev–Trinajstić information content (AvgIpc) is 2.38. The molecule has 0 bridgehead atoms. The van der Waals surface area contributed by atoms with Gasteiger partial charge < -0.3 is 5.32 Å². The summed E-state index contributed by atoms with van der Waals surface area (Å²) in [6.45, 7) is 0.316. The first-order chi connectivity index (χ1) is 8.65. The van der Waals surface area contributed by atoms with Crippen LogP contribution in [0.5, 0.6) is 0 Å². The lowest BCUT2D eigenvalue weighted by atomic mass is 10.2. The van der Waals surface area contributed by atoms with Crippen LogP contribution >= 0.6 is 15.9 Å². The van der Waals surface area contributed by atoms with Crippen molar-refractivity contribution in [2.45, 2.75) is 6.54 Å². The Morgan fingerprint density at radius 2 is 1.94 bits per heavy atom. The predicted octanol–water partition coefficient (Wildman–Crippen LogP) is 2.31. The topological polar surface area (TPSA) is 54.9 Å². The zero-order valence-electron chi connectivity index (χ0n) is 9.23. The number of aromatic nitrogens is 2. The fourth-order valence-electron chi connectivity index (χ4n) is 1.30. The average molecular weight is 310 g/mol. The minimum atomic E-state index is -0.320. The molecule has 0 fully saturated rings. The van der Waals surface area contributed by atoms with Crippen LogP contribution in [0.2, 0.25) is 0 Å². The van der Waals surface area contributed by atoms with Crippen LogP contribution in [0.4, 0.5) is 4.39 Å². The van der Waals surface area contributed by atoms with Gasteiger partial charge in [-0.15, -0.1) is 0 Å². The Labute approximate surface area is 111 Å². The Bertz CT molecular complexity index is 542. The molecule has 1 N–H and O–H groups in total. The van der Waals surface area contributed by atoms with Crippen molar-refractivity contribution >= 4 is 21.8 Å². The standard InChI is InChI=1S/C12H9BrFN3O/c13-11-7-15-10(6-16-11)12(18)17-5-8-1-3-9(14)4-2-8/h1-4,6-7H,5H2,(H,17,18). The Hall–Kier alpha value is -1.82. The molecule has 18 heavy (non-hydrogen) atoms. The number of carbonyl (C=O) groups is 1. The molecule has 0 atom stereocenters. The van der Waals surface area contributed by atoms with Gasteiger partial charge in [-0.1, -0.05) is 12.1 Å². The highest BCUT2D eigenvalue weighted by Gasteiger charge is 2.07. The van der Waals surface area contributed by atoms with E-state index in [1.807, 2.05) is 0 Å². The van der Waals surface area contributed by atoms with Crippen LogP contribution in [0.1, 0.15) is 16.1 Å². The number of amides is 1. The molecule has 0 unspecified atom stereocenters. The molecular formula is C12H9BrFN3O. The molecule has 1 heterocycles. The molecule has 2 aromatic rings. The van der Waals surface area contributed by atoms with Crippen molar-refractivity contribution in [3.05, 3.63) is 58.3 Å². The summed E-state index contributed by atoms with van der Waals surface area (Å²) in [5.74, 6) is -0.622. The second-order valence-corrected chi connectivity index (χ2v) is 4.35. The van der Waals surface area contributed by atoms with Gasteiger partial charge in [-0.3, -0.25) is 4.79 Å². The van der Waals surface area contributed by atoms with Crippen LogP contribution < -0.4 is 5.32 Å². The van der Waals surface area contributed by atoms with Gasteiger partial charge in [0.05, 0.1) is 12.4 Å². The molecule has 0 aliphatic carbocycles. The molecule has 0 saturated heterocycles. The molecule has 2 rings (SSSR count). The summed E-state index contributed by atoms with van der Waals surface area (Å²) in [7, 11) is 0. The van der Waals surface area contributed by atoms with Gasteiger partial charge in [0, 0.05) is 6.54 Å². The lowest BCUT2D eigenvalue weighted by Gasteiger charge is -2.04. The molecule has 0 radical (unpaired) electrons. The molecule has 0 aliphatic heterocycles. The number of nitrogens with zero attached hydrogens (tertiary/aromatic N) is 2. The SMILES string of the molecule is O=C(NCc1ccc(F)cc1)c1cnc(Br)cn1. The first-order valence-corrected chi connectivity index (χ1v) is 5.94. The van der Waals surface area contributed by atoms with Crippen molar-refractivity contribution in [3.8, 4) is 0 Å². The number of nitrogens with one attached hydrogen (secondary N) is 1. The van der Waals surface area contributed by atoms with Crippen molar-refractivity contribution in [1.82, 2.24) is 15.3 Å². The highest BCUT2D eigenvalue weighted by atomic mass is 79.9. The van der Waals surface area contributed by atoms with Gasteiger partial charge in [-0.25, -0.2) is 14.4 Å². The van der Waals surface area contributed by atoms with Crippen molar-refractivity contribution in [2.75, 3.05) is 0 Å². The molecule has 1 amide bonds. The Kier molecular flexibility index (Phi) is 3.99. The maximum atomic E-state index is 12.7. The Morgan fingerprint density at radius 3 is 2.56 bits per heavy atom. The van der Waals surface area contributed by atoms with Crippen molar-refractivity contribution < 1.29 is 9.18 Å². The van der Waals surface area contributed by atoms with E-state index in [1.165, 1.54) is 24.5 Å². The number of hydrogen-bond donors (Lipinski definition) is 1. The van der Waals surface area contributed by atoms with E-state index in [9.17, 15) is 9.18 Å². The van der Waals surface area contributed by atoms with Gasteiger partial charge >= 0.3 is 0 Å². The monoisotopic (exact) mass is 309 g/mol. The maximum absolute atomic E-state index is 12.7. The van der Waals surface area contributed by atoms with E-state index in [0.717, 1.165) is 5.56 Å². The van der Waals surface area contributed by atoms with Crippen LogP contribution in [0.3, 0.4) is 0 Å². The third-order valence-electron chi connectivity index (χ3n) is 2.22. The zero-order valence-corrected chi connectivity index (χ0v) is 10.8. The fourth-order valence-corrected chi connectivity index (χ4v) is 1.51. The molecule has 1 aromatic heterocycles. The number of carbonyl (C=O) groups excluding carboxylic acids is 1. The van der Waals surface area contributed by atoms with Gasteiger partial charge in [0.2, 0.25) is 0 Å². The van der Waals surface area contributed by atoms with Crippen LogP contribution in [0, 0.1) is 5.82 Å². The summed E-state index contributed by atoms with van der Waals surface area (Å²) in [6.07, 6.45) is 2.83. The molecule has 0 aliphatic rings. The summed E-state index contributed by atoms with van der Waals surface area (Å²) < 4.78 is 13.2. The Balaban J connectivity index is 1.96. The Morgan fingerprint density at radius 1 is 1.22 bits per heavy atom. The number of halogens is 2. The molecule has 1 aromatic carbocycles. The van der Waals surface area contributed by atoms with Crippen molar-refractivity contribution in [3.63, 3.8) is 0 Å². The van der Waals surface area contributed by atoms with Gasteiger partial charge in [-0.05, 0) is 33.6 Å². The van der Waals surface area contributed by atoms with Gasteiger partial charge in [0.15, 0.2) is 0 Å². The van der Waals surface area contributed by atoms with Gasteiger partial charge in [0.25, 0.3) is 5.91 Å². The lowest BCUT2D eigenvalue weighted by molar-refractivity contribution is 0.0945. The normalized spacial score (nSPS) is 10.1. The minimum absolute atomic E-state index is 0.236. The van der Waals surface area contributed by atoms with E-state index in [1.54, 1.807) is 12.1 Å². The third kappa shape index (κ3) is 3.33. The maximum Gasteiger partial charge on any atom is 0.271 e. The zero-order chi connectivity index (χ0) is 13.0. The smallest absolute Gasteiger partial charge is 0.271 e. The molecule has 92 valence electrons. The minimum Gasteiger partial charge on any atom is -0.347 e. The van der Waals surface area contributed by atoms with Crippen molar-refractivity contribution in [2.24, 2.45) is 0 Å². The van der Waals surface area contributed by atoms with Crippen LogP contribution in [0.25, 0.3) is 0 Å². The summed E-state index contributed by atoms with van der Waals surface area (Å²) in [6, 6.07) is 5.92. The van der Waals surface area contributed by atoms with Crippen LogP contribution in [-0.2, 0) is 6.54 Å². The molecule has 4 nitrogen and oxygen atoms in total. The number of hydrogen-bond acceptors (Lipinski definition) is 3. The lowest BCUT2D eigenvalue weighted by Crippen LogP contribution is -2.23. The summed E-state index contributed by atoms with van der Waals surface area (Å²) in [5, 5.41) is 2.67. The molecular weight excluding hydrogens is 301 g/mol. The first kappa shape index (κ1) is 12.6.